The van der Waals surface area contributed by atoms with E-state index in [4.69, 9.17) is 4.74 Å². The number of nitrogens with one attached hydrogen (secondary N) is 1. The first-order valence-electron chi connectivity index (χ1n) is 11.3. The third kappa shape index (κ3) is 3.65. The van der Waals surface area contributed by atoms with Crippen LogP contribution in [0.3, 0.4) is 0 Å². The van der Waals surface area contributed by atoms with Crippen molar-refractivity contribution in [3.05, 3.63) is 83.4 Å². The van der Waals surface area contributed by atoms with E-state index in [1.54, 1.807) is 23.1 Å². The number of para-hydroxylation sites is 3. The van der Waals surface area contributed by atoms with Gasteiger partial charge in [-0.2, -0.15) is 0 Å². The van der Waals surface area contributed by atoms with Crippen LogP contribution in [0.4, 0.5) is 17.1 Å². The van der Waals surface area contributed by atoms with Gasteiger partial charge in [-0.1, -0.05) is 36.4 Å². The Labute approximate surface area is 208 Å². The molecule has 1 atom stereocenters. The number of hydrogen-bond donors (Lipinski definition) is 1. The molecule has 178 valence electrons. The Kier molecular flexibility index (Phi) is 5.76. The monoisotopic (exact) mass is 487 g/mol. The maximum atomic E-state index is 14.1. The van der Waals surface area contributed by atoms with Crippen molar-refractivity contribution in [1.82, 2.24) is 0 Å². The number of benzene rings is 3. The molecule has 0 aromatic heterocycles. The lowest BCUT2D eigenvalue weighted by Crippen LogP contribution is -2.50. The van der Waals surface area contributed by atoms with Crippen LogP contribution in [0.5, 0.6) is 5.75 Å². The van der Waals surface area contributed by atoms with Crippen LogP contribution < -0.4 is 19.9 Å². The molecule has 35 heavy (non-hydrogen) atoms. The van der Waals surface area contributed by atoms with Gasteiger partial charge >= 0.3 is 0 Å². The van der Waals surface area contributed by atoms with Gasteiger partial charge in [0.05, 0.1) is 24.2 Å². The van der Waals surface area contributed by atoms with Crippen molar-refractivity contribution >= 4 is 46.5 Å². The number of anilines is 3. The van der Waals surface area contributed by atoms with Crippen LogP contribution in [0, 0.1) is 13.8 Å². The van der Waals surface area contributed by atoms with E-state index >= 15 is 0 Å². The summed E-state index contributed by atoms with van der Waals surface area (Å²) >= 11 is 1.30. The molecule has 1 N–H and O–H groups in total. The second-order valence-electron chi connectivity index (χ2n) is 8.59. The van der Waals surface area contributed by atoms with Crippen molar-refractivity contribution in [3.63, 3.8) is 0 Å². The molecule has 3 aromatic carbocycles. The summed E-state index contributed by atoms with van der Waals surface area (Å²) in [5, 5.41) is 2.84. The summed E-state index contributed by atoms with van der Waals surface area (Å²) in [5.74, 6) is -0.0939. The van der Waals surface area contributed by atoms with Gasteiger partial charge in [0.25, 0.3) is 5.91 Å². The van der Waals surface area contributed by atoms with Gasteiger partial charge in [-0.25, -0.2) is 0 Å². The molecule has 1 saturated heterocycles. The van der Waals surface area contributed by atoms with Crippen LogP contribution in [0.1, 0.15) is 16.7 Å². The van der Waals surface area contributed by atoms with Crippen molar-refractivity contribution in [2.24, 2.45) is 0 Å². The van der Waals surface area contributed by atoms with Gasteiger partial charge in [-0.3, -0.25) is 24.2 Å². The molecular formula is C27H25N3O4S. The Morgan fingerprint density at radius 3 is 2.54 bits per heavy atom. The molecule has 3 amide bonds. The van der Waals surface area contributed by atoms with E-state index in [0.29, 0.717) is 28.4 Å². The first-order valence-corrected chi connectivity index (χ1v) is 12.2. The number of carbonyl (C=O) groups excluding carboxylic acids is 3. The summed E-state index contributed by atoms with van der Waals surface area (Å²) < 4.78 is 5.32. The molecule has 0 unspecified atom stereocenters. The first-order chi connectivity index (χ1) is 16.9. The number of nitrogens with zero attached hydrogens (tertiary/aromatic N) is 2. The lowest BCUT2D eigenvalue weighted by Gasteiger charge is -2.33. The highest BCUT2D eigenvalue weighted by Crippen LogP contribution is 2.55. The quantitative estimate of drug-likeness (QED) is 0.583. The molecule has 2 aliphatic heterocycles. The van der Waals surface area contributed by atoms with Crippen LogP contribution in [0.2, 0.25) is 0 Å². The van der Waals surface area contributed by atoms with Crippen LogP contribution in [-0.2, 0) is 19.3 Å². The van der Waals surface area contributed by atoms with Crippen molar-refractivity contribution in [2.75, 3.05) is 34.5 Å². The standard InChI is InChI=1S/C27H25N3O4S/c1-17-12-13-19(14-18(17)2)30-25(32)16-35-27(30)20-8-4-6-10-22(20)29(26(27)33)15-24(31)28-21-9-5-7-11-23(21)34-3/h4-14H,15-16H2,1-3H3,(H,28,31)/t27-/m0/s1. The van der Waals surface area contributed by atoms with E-state index in [0.717, 1.165) is 11.1 Å². The normalized spacial score (nSPS) is 18.8. The summed E-state index contributed by atoms with van der Waals surface area (Å²) in [6.45, 7) is 3.80. The van der Waals surface area contributed by atoms with Gasteiger partial charge in [0.15, 0.2) is 0 Å². The minimum absolute atomic E-state index is 0.137. The molecule has 5 rings (SSSR count). The maximum absolute atomic E-state index is 14.1. The number of fused-ring (bicyclic) bond motifs is 2. The van der Waals surface area contributed by atoms with Crippen molar-refractivity contribution < 1.29 is 19.1 Å². The predicted molar refractivity (Wildman–Crippen MR) is 138 cm³/mol. The third-order valence-corrected chi connectivity index (χ3v) is 7.88. The van der Waals surface area contributed by atoms with Gasteiger partial charge in [0.1, 0.15) is 12.3 Å². The molecule has 0 aliphatic carbocycles. The SMILES string of the molecule is COc1ccccc1NC(=O)CN1C(=O)[C@@]2(SCC(=O)N2c2ccc(C)c(C)c2)c2ccccc21. The topological polar surface area (TPSA) is 79.0 Å². The zero-order valence-electron chi connectivity index (χ0n) is 19.7. The number of amides is 3. The first kappa shape index (κ1) is 23.0. The molecule has 0 radical (unpaired) electrons. The fourth-order valence-electron chi connectivity index (χ4n) is 4.66. The van der Waals surface area contributed by atoms with Gasteiger partial charge in [0.2, 0.25) is 16.7 Å². The minimum atomic E-state index is -1.25. The van der Waals surface area contributed by atoms with Crippen molar-refractivity contribution in [2.45, 2.75) is 18.7 Å². The summed E-state index contributed by atoms with van der Waals surface area (Å²) in [6.07, 6.45) is 0. The maximum Gasteiger partial charge on any atom is 0.269 e. The Bertz CT molecular complexity index is 1360. The largest absolute Gasteiger partial charge is 0.495 e. The summed E-state index contributed by atoms with van der Waals surface area (Å²) in [5.41, 5.74) is 4.68. The molecule has 2 heterocycles. The molecule has 8 heteroatoms. The van der Waals surface area contributed by atoms with Gasteiger partial charge < -0.3 is 10.1 Å². The van der Waals surface area contributed by atoms with Gasteiger partial charge in [-0.05, 0) is 55.3 Å². The smallest absolute Gasteiger partial charge is 0.269 e. The van der Waals surface area contributed by atoms with E-state index in [2.05, 4.69) is 5.32 Å². The fraction of sp³-hybridized carbons (Fsp3) is 0.222. The lowest BCUT2D eigenvalue weighted by atomic mass is 10.0. The molecule has 1 fully saturated rings. The summed E-state index contributed by atoms with van der Waals surface area (Å²) in [4.78, 5) is 42.1. The molecule has 2 aliphatic rings. The minimum Gasteiger partial charge on any atom is -0.495 e. The predicted octanol–water partition coefficient (Wildman–Crippen LogP) is 4.23. The van der Waals surface area contributed by atoms with Crippen LogP contribution in [0.25, 0.3) is 0 Å². The summed E-state index contributed by atoms with van der Waals surface area (Å²) in [6, 6.07) is 20.2. The average molecular weight is 488 g/mol. The highest BCUT2D eigenvalue weighted by Gasteiger charge is 2.61. The van der Waals surface area contributed by atoms with Gasteiger partial charge in [0, 0.05) is 11.3 Å². The Hall–Kier alpha value is -3.78. The Morgan fingerprint density at radius 2 is 1.77 bits per heavy atom. The molecule has 0 saturated carbocycles. The third-order valence-electron chi connectivity index (χ3n) is 6.50. The number of methoxy groups -OCH3 is 1. The zero-order chi connectivity index (χ0) is 24.7. The van der Waals surface area contributed by atoms with Crippen LogP contribution >= 0.6 is 11.8 Å². The zero-order valence-corrected chi connectivity index (χ0v) is 20.5. The van der Waals surface area contributed by atoms with Crippen molar-refractivity contribution in [1.29, 1.82) is 0 Å². The molecular weight excluding hydrogens is 462 g/mol. The average Bonchev–Trinajstić information content (AvgIpc) is 3.32. The molecule has 0 bridgehead atoms. The number of rotatable bonds is 5. The lowest BCUT2D eigenvalue weighted by molar-refractivity contribution is -0.124. The van der Waals surface area contributed by atoms with Crippen LogP contribution in [0.15, 0.2) is 66.7 Å². The number of carbonyl (C=O) groups is 3. The van der Waals surface area contributed by atoms with E-state index in [-0.39, 0.29) is 30.0 Å². The van der Waals surface area contributed by atoms with E-state index in [1.165, 1.54) is 23.8 Å². The highest BCUT2D eigenvalue weighted by molar-refractivity contribution is 8.02. The summed E-state index contributed by atoms with van der Waals surface area (Å²) in [7, 11) is 1.53. The second-order valence-corrected chi connectivity index (χ2v) is 9.76. The van der Waals surface area contributed by atoms with E-state index in [1.807, 2.05) is 62.4 Å². The fourth-order valence-corrected chi connectivity index (χ4v) is 6.02. The second kappa shape index (κ2) is 8.78. The Morgan fingerprint density at radius 1 is 1.03 bits per heavy atom. The number of aryl methyl sites for hydroxylation is 2. The molecule has 3 aromatic rings. The highest BCUT2D eigenvalue weighted by atomic mass is 32.2. The molecule has 1 spiro atoms. The number of hydrogen-bond acceptors (Lipinski definition) is 5. The Balaban J connectivity index is 1.52. The number of ether oxygens (including phenoxy) is 1. The van der Waals surface area contributed by atoms with E-state index < -0.39 is 4.87 Å². The van der Waals surface area contributed by atoms with E-state index in [9.17, 15) is 14.4 Å². The molecule has 7 nitrogen and oxygen atoms in total. The van der Waals surface area contributed by atoms with Crippen molar-refractivity contribution in [3.8, 4) is 5.75 Å². The van der Waals surface area contributed by atoms with Crippen LogP contribution in [-0.4, -0.2) is 37.1 Å². The van der Waals surface area contributed by atoms with Gasteiger partial charge in [-0.15, -0.1) is 11.8 Å². The number of thioether (sulfide) groups is 1.